The number of likely N-dealkylation sites (tertiary alicyclic amines) is 1. The van der Waals surface area contributed by atoms with Crippen LogP contribution in [0.25, 0.3) is 21.3 Å². The van der Waals surface area contributed by atoms with Gasteiger partial charge in [0.25, 0.3) is 16.0 Å². The number of carbonyl (C=O) groups excluding carboxylic acids is 7. The van der Waals surface area contributed by atoms with Crippen LogP contribution in [0.15, 0.2) is 79.0 Å². The highest BCUT2D eigenvalue weighted by atomic mass is 32.2. The number of rotatable bonds is 34. The second kappa shape index (κ2) is 35.2. The number of aliphatic hydroxyl groups excluding tert-OH is 3. The number of amides is 7. The largest absolute Gasteiger partial charge is 0.481 e. The van der Waals surface area contributed by atoms with Crippen LogP contribution in [0.5, 0.6) is 0 Å². The first kappa shape index (κ1) is 86.2. The summed E-state index contributed by atoms with van der Waals surface area (Å²) in [7, 11) is -2.85. The molecule has 4 saturated carbocycles. The number of hydrogen-bond acceptors (Lipinski definition) is 24. The van der Waals surface area contributed by atoms with E-state index in [0.717, 1.165) is 64.0 Å². The Morgan fingerprint density at radius 3 is 2.25 bits per heavy atom. The number of pyridine rings is 1. The highest BCUT2D eigenvalue weighted by Crippen LogP contribution is 2.72. The number of aliphatic carboxylic acids is 2. The minimum atomic E-state index is -4.42. The first-order valence-electron chi connectivity index (χ1n) is 38.9. The average Bonchev–Trinajstić information content (AvgIpc) is 1.22. The molecule has 3 aliphatic heterocycles. The minimum absolute atomic E-state index is 0.0402. The summed E-state index contributed by atoms with van der Waals surface area (Å²) < 4.78 is 58.7. The van der Waals surface area contributed by atoms with Gasteiger partial charge in [-0.25, -0.2) is 24.4 Å². The maximum absolute atomic E-state index is 14.0. The van der Waals surface area contributed by atoms with Gasteiger partial charge in [-0.15, -0.1) is 0 Å². The number of carboxylic acid groups (broad SMARTS) is 3. The van der Waals surface area contributed by atoms with Crippen LogP contribution in [0.1, 0.15) is 148 Å². The molecule has 6 aromatic rings. The third kappa shape index (κ3) is 20.2. The molecule has 0 spiro atoms. The van der Waals surface area contributed by atoms with Crippen LogP contribution in [0.4, 0.5) is 21.4 Å². The van der Waals surface area contributed by atoms with E-state index in [4.69, 9.17) is 38.7 Å². The van der Waals surface area contributed by atoms with Gasteiger partial charge in [0.15, 0.2) is 16.9 Å². The lowest BCUT2D eigenvalue weighted by molar-refractivity contribution is -0.248. The number of aryl methyl sites for hydroxylation is 1. The van der Waals surface area contributed by atoms with Gasteiger partial charge in [0.2, 0.25) is 29.5 Å². The molecule has 6 fully saturated rings. The molecule has 11 atom stereocenters. The van der Waals surface area contributed by atoms with Crippen LogP contribution in [0, 0.1) is 29.1 Å². The number of ether oxygens (including phenoxy) is 4. The molecule has 2 saturated heterocycles. The number of carbonyl (C=O) groups is 10. The molecule has 3 aromatic carbocycles. The molecule has 7 aliphatic rings. The number of aromatic nitrogens is 4. The van der Waals surface area contributed by atoms with Crippen molar-refractivity contribution in [3.05, 3.63) is 118 Å². The van der Waals surface area contributed by atoms with Crippen molar-refractivity contribution in [2.75, 3.05) is 67.8 Å². The lowest BCUT2D eigenvalue weighted by Crippen LogP contribution is -2.64. The van der Waals surface area contributed by atoms with Gasteiger partial charge >= 0.3 is 24.0 Å². The van der Waals surface area contributed by atoms with E-state index >= 15 is 0 Å². The predicted octanol–water partition coefficient (Wildman–Crippen LogP) is 5.09. The van der Waals surface area contributed by atoms with Gasteiger partial charge in [-0.2, -0.15) is 13.5 Å². The summed E-state index contributed by atoms with van der Waals surface area (Å²) in [5, 5.41) is 80.5. The number of anilines is 3. The molecule has 117 heavy (non-hydrogen) atoms. The molecule has 37 heteroatoms. The molecule has 7 amide bonds. The number of benzene rings is 3. The second-order valence-corrected chi connectivity index (χ2v) is 35.7. The number of likely N-dealkylation sites (N-methyl/N-ethyl adjacent to an activating group) is 1. The van der Waals surface area contributed by atoms with Crippen LogP contribution >= 0.6 is 11.3 Å². The summed E-state index contributed by atoms with van der Waals surface area (Å²) >= 11 is 1.39. The van der Waals surface area contributed by atoms with Crippen molar-refractivity contribution in [1.29, 1.82) is 0 Å². The Kier molecular flexibility index (Phi) is 25.9. The molecular weight excluding hydrogens is 1560 g/mol. The van der Waals surface area contributed by atoms with Gasteiger partial charge in [-0.1, -0.05) is 69.4 Å². The highest BCUT2D eigenvalue weighted by Gasteiger charge is 2.66. The van der Waals surface area contributed by atoms with Gasteiger partial charge in [-0.3, -0.25) is 48.1 Å². The Bertz CT molecular complexity index is 4890. The van der Waals surface area contributed by atoms with E-state index in [1.165, 1.54) is 35.3 Å². The van der Waals surface area contributed by atoms with Gasteiger partial charge in [0.1, 0.15) is 48.9 Å². The standard InChI is InChI=1S/C80H100N12O23S2/c1-43(2)63(87-61(94)33-91-50(35-112-27-28-117(109,110)111)30-56(72(91)103)84-60(93)21-22-62(95)96)71(102)82-44(3)69(100)83-49-17-15-48(47(29-49)16-19-57-65(97)66(98)67(99)68(115-57)74(106)107)34-113-76(108)89(7)25-26-114-80-39-77(5)36-78(6,40-80)38-79(37-77,41-80)42-92-45(4)53(31-81-92)51-18-20-59(86-64(51)73(104)105)90-24-23-46-11-10-12-52(54(46)32-90)70(101)88-75-85-55-13-8-9-14-58(55)116-75/h8-15,17-18,20,29,31,43-44,50,56-57,63,65-68,97-99H,16,19,21-28,30,32-42H2,1-7H3,(H,82,102)(H,83,100)(H,84,93)(H,87,94)(H,95,96)(H,104,105)(H,106,107)(H,85,88,101)(H,109,110,111)/t44-,50-,56-,57-,63-,65-,66+,67-,68-,77?,78?,79?,80?/m0/s1. The first-order chi connectivity index (χ1) is 55.3. The molecule has 12 N–H and O–H groups in total. The molecule has 3 aromatic heterocycles. The van der Waals surface area contributed by atoms with E-state index < -0.39 is 162 Å². The fourth-order valence-corrected chi connectivity index (χ4v) is 19.9. The summed E-state index contributed by atoms with van der Waals surface area (Å²) in [6.07, 6.45) is -3.35. The zero-order valence-electron chi connectivity index (χ0n) is 65.9. The summed E-state index contributed by atoms with van der Waals surface area (Å²) in [5.41, 5.74) is 4.83. The molecule has 0 radical (unpaired) electrons. The summed E-state index contributed by atoms with van der Waals surface area (Å²) in [6, 6.07) is 16.8. The van der Waals surface area contributed by atoms with Crippen molar-refractivity contribution >= 4 is 108 Å². The highest BCUT2D eigenvalue weighted by molar-refractivity contribution is 7.85. The normalized spacial score (nSPS) is 25.2. The third-order valence-corrected chi connectivity index (χ3v) is 24.8. The smallest absolute Gasteiger partial charge is 0.409 e. The second-order valence-electron chi connectivity index (χ2n) is 33.1. The van der Waals surface area contributed by atoms with E-state index in [2.05, 4.69) is 45.4 Å². The quantitative estimate of drug-likeness (QED) is 0.0185. The van der Waals surface area contributed by atoms with Gasteiger partial charge in [0, 0.05) is 67.7 Å². The number of hydrogen-bond donors (Lipinski definition) is 12. The van der Waals surface area contributed by atoms with Crippen LogP contribution < -0.4 is 31.5 Å². The molecule has 4 bridgehead atoms. The molecule has 6 heterocycles. The fraction of sp³-hybridized carbons (Fsp3) is 0.537. The number of para-hydroxylation sites is 1. The lowest BCUT2D eigenvalue weighted by atomic mass is 9.39. The number of fused-ring (bicyclic) bond motifs is 2. The average molecular weight is 1660 g/mol. The van der Waals surface area contributed by atoms with E-state index in [9.17, 15) is 81.9 Å². The molecular formula is C80H100N12O23S2. The zero-order valence-corrected chi connectivity index (χ0v) is 67.6. The van der Waals surface area contributed by atoms with Gasteiger partial charge < -0.3 is 85.6 Å². The summed E-state index contributed by atoms with van der Waals surface area (Å²) in [5.74, 6) is -9.19. The zero-order chi connectivity index (χ0) is 84.4. The van der Waals surface area contributed by atoms with E-state index in [0.29, 0.717) is 71.2 Å². The van der Waals surface area contributed by atoms with E-state index in [1.54, 1.807) is 45.3 Å². The Morgan fingerprint density at radius 1 is 0.803 bits per heavy atom. The lowest BCUT2D eigenvalue weighted by Gasteiger charge is -2.69. The van der Waals surface area contributed by atoms with Crippen LogP contribution in [0.2, 0.25) is 0 Å². The van der Waals surface area contributed by atoms with Gasteiger partial charge in [0.05, 0.1) is 72.7 Å². The van der Waals surface area contributed by atoms with Crippen LogP contribution in [-0.2, 0) is 95.2 Å². The number of carboxylic acids is 3. The topological polar surface area (TPSA) is 497 Å². The third-order valence-electron chi connectivity index (χ3n) is 23.2. The van der Waals surface area contributed by atoms with Crippen molar-refractivity contribution in [3.63, 3.8) is 0 Å². The van der Waals surface area contributed by atoms with E-state index in [-0.39, 0.29) is 79.2 Å². The molecule has 4 aliphatic carbocycles. The van der Waals surface area contributed by atoms with Crippen molar-refractivity contribution in [3.8, 4) is 11.1 Å². The Labute approximate surface area is 678 Å². The minimum Gasteiger partial charge on any atom is -0.481 e. The SMILES string of the molecule is Cc1c(-c2ccc(N3CCc4cccc(C(=O)Nc5nc6ccccc6s5)c4C3)nc2C(=O)O)cnn1CC12CC3(C)CC(C)(C1)CC(OCCN(C)C(=O)OCc1ccc(NC(=O)[C@H](C)NC(=O)[C@@H](NC(=O)CN4C(=O)[C@@H](NC(=O)CCC(=O)O)C[C@H]4COCCS(=O)(=O)O)C(C)C)cc1CC[C@@H]1O[C@H](C(=O)O)[C@@H](O)[C@H](O)[C@H]1O)(C3)C2. The van der Waals surface area contributed by atoms with Crippen molar-refractivity contribution in [2.24, 2.45) is 22.2 Å². The number of aliphatic hydroxyl groups is 3. The fourth-order valence-electron chi connectivity index (χ4n) is 18.7. The van der Waals surface area contributed by atoms with E-state index in [1.807, 2.05) is 59.0 Å². The van der Waals surface area contributed by atoms with Crippen molar-refractivity contribution in [2.45, 2.75) is 199 Å². The number of nitrogens with one attached hydrogen (secondary N) is 5. The number of aromatic carboxylic acids is 1. The summed E-state index contributed by atoms with van der Waals surface area (Å²) in [6.45, 7) is 11.0. The summed E-state index contributed by atoms with van der Waals surface area (Å²) in [4.78, 5) is 146. The molecule has 13 rings (SSSR count). The molecule has 35 nitrogen and oxygen atoms in total. The maximum Gasteiger partial charge on any atom is 0.409 e. The number of nitrogens with zero attached hydrogens (tertiary/aromatic N) is 7. The van der Waals surface area contributed by atoms with Crippen LogP contribution in [0.3, 0.4) is 0 Å². The first-order valence-corrected chi connectivity index (χ1v) is 41.3. The predicted molar refractivity (Wildman–Crippen MR) is 422 cm³/mol. The Hall–Kier alpha value is -10.1. The van der Waals surface area contributed by atoms with Gasteiger partial charge in [-0.05, 0) is 165 Å². The molecule has 630 valence electrons. The van der Waals surface area contributed by atoms with Crippen LogP contribution in [-0.4, -0.2) is 245 Å². The maximum atomic E-state index is 14.0. The monoisotopic (exact) mass is 1660 g/mol. The Balaban J connectivity index is 0.672. The van der Waals surface area contributed by atoms with Crippen molar-refractivity contribution in [1.82, 2.24) is 45.5 Å². The Morgan fingerprint density at radius 2 is 1.55 bits per heavy atom. The van der Waals surface area contributed by atoms with Crippen molar-refractivity contribution < 1.29 is 111 Å². The molecule has 2 unspecified atom stereocenters. The number of thiazole rings is 1.